The minimum absolute atomic E-state index is 0.0971. The molecule has 142 valence electrons. The van der Waals surface area contributed by atoms with E-state index in [0.717, 1.165) is 28.0 Å². The maximum absolute atomic E-state index is 13.1. The van der Waals surface area contributed by atoms with Crippen LogP contribution in [0, 0.1) is 5.82 Å². The Morgan fingerprint density at radius 3 is 2.63 bits per heavy atom. The van der Waals surface area contributed by atoms with Gasteiger partial charge in [0.05, 0.1) is 16.2 Å². The lowest BCUT2D eigenvalue weighted by molar-refractivity contribution is -0.120. The molecule has 2 atom stereocenters. The zero-order chi connectivity index (χ0) is 19.4. The number of benzene rings is 1. The van der Waals surface area contributed by atoms with Gasteiger partial charge in [-0.05, 0) is 49.9 Å². The summed E-state index contributed by atoms with van der Waals surface area (Å²) in [5.41, 5.74) is 0.860. The molecule has 3 rings (SSSR count). The maximum Gasteiger partial charge on any atom is 0.233 e. The molecule has 1 amide bonds. The molecule has 2 unspecified atom stereocenters. The molecule has 8 heteroatoms. The minimum Gasteiger partial charge on any atom is -0.349 e. The molecule has 27 heavy (non-hydrogen) atoms. The highest BCUT2D eigenvalue weighted by Crippen LogP contribution is 2.29. The summed E-state index contributed by atoms with van der Waals surface area (Å²) >= 11 is 3.00. The lowest BCUT2D eigenvalue weighted by Crippen LogP contribution is -2.33. The molecule has 1 N–H and O–H groups in total. The molecule has 0 radical (unpaired) electrons. The van der Waals surface area contributed by atoms with Gasteiger partial charge in [-0.25, -0.2) is 4.39 Å². The fourth-order valence-electron chi connectivity index (χ4n) is 2.63. The molecule has 0 spiro atoms. The van der Waals surface area contributed by atoms with Crippen molar-refractivity contribution in [3.8, 4) is 10.7 Å². The van der Waals surface area contributed by atoms with Gasteiger partial charge in [0.15, 0.2) is 11.0 Å². The molecule has 5 nitrogen and oxygen atoms in total. The summed E-state index contributed by atoms with van der Waals surface area (Å²) in [5.74, 6) is 0.434. The highest BCUT2D eigenvalue weighted by atomic mass is 32.2. The van der Waals surface area contributed by atoms with Gasteiger partial charge >= 0.3 is 0 Å². The average molecular weight is 405 g/mol. The van der Waals surface area contributed by atoms with Crippen LogP contribution in [0.25, 0.3) is 10.7 Å². The molecule has 2 heterocycles. The van der Waals surface area contributed by atoms with Gasteiger partial charge < -0.3 is 9.88 Å². The van der Waals surface area contributed by atoms with E-state index < -0.39 is 0 Å². The first-order valence-electron chi connectivity index (χ1n) is 8.69. The van der Waals surface area contributed by atoms with Crippen LogP contribution in [0.3, 0.4) is 0 Å². The van der Waals surface area contributed by atoms with Crippen molar-refractivity contribution in [2.45, 2.75) is 43.8 Å². The number of halogens is 1. The van der Waals surface area contributed by atoms with Gasteiger partial charge in [0.1, 0.15) is 5.82 Å². The quantitative estimate of drug-likeness (QED) is 0.588. The molecular formula is C19H21FN4OS2. The topological polar surface area (TPSA) is 59.8 Å². The van der Waals surface area contributed by atoms with Crippen molar-refractivity contribution in [1.29, 1.82) is 0 Å². The van der Waals surface area contributed by atoms with E-state index in [4.69, 9.17) is 0 Å². The predicted molar refractivity (Wildman–Crippen MR) is 107 cm³/mol. The van der Waals surface area contributed by atoms with Crippen LogP contribution in [0.1, 0.15) is 32.4 Å². The summed E-state index contributed by atoms with van der Waals surface area (Å²) < 4.78 is 15.1. The second-order valence-corrected chi connectivity index (χ2v) is 8.33. The second-order valence-electron chi connectivity index (χ2n) is 6.07. The molecule has 0 aliphatic rings. The van der Waals surface area contributed by atoms with Gasteiger partial charge in [-0.3, -0.25) is 4.79 Å². The highest BCUT2D eigenvalue weighted by molar-refractivity contribution is 8.00. The number of nitrogens with zero attached hydrogens (tertiary/aromatic N) is 3. The Labute approximate surface area is 166 Å². The fraction of sp³-hybridized carbons (Fsp3) is 0.316. The molecule has 1 aromatic carbocycles. The van der Waals surface area contributed by atoms with Crippen LogP contribution < -0.4 is 5.32 Å². The zero-order valence-electron chi connectivity index (χ0n) is 15.3. The van der Waals surface area contributed by atoms with Gasteiger partial charge in [-0.15, -0.1) is 21.5 Å². The SMILES string of the molecule is CCn1c(SC(C)C(=O)NC(C)c2ccc(F)cc2)nnc1-c1cccs1. The molecule has 2 aromatic heterocycles. The molecule has 0 saturated carbocycles. The fourth-order valence-corrected chi connectivity index (χ4v) is 4.27. The largest absolute Gasteiger partial charge is 0.349 e. The molecule has 0 fully saturated rings. The first kappa shape index (κ1) is 19.6. The van der Waals surface area contributed by atoms with E-state index in [0.29, 0.717) is 0 Å². The summed E-state index contributed by atoms with van der Waals surface area (Å²) in [5, 5.41) is 13.9. The Balaban J connectivity index is 1.67. The minimum atomic E-state index is -0.335. The average Bonchev–Trinajstić information content (AvgIpc) is 3.31. The number of rotatable bonds is 7. The van der Waals surface area contributed by atoms with Crippen LogP contribution in [0.4, 0.5) is 4.39 Å². The van der Waals surface area contributed by atoms with Gasteiger partial charge in [0.25, 0.3) is 0 Å². The number of amides is 1. The monoisotopic (exact) mass is 404 g/mol. The van der Waals surface area contributed by atoms with E-state index in [2.05, 4.69) is 15.5 Å². The number of nitrogens with one attached hydrogen (secondary N) is 1. The van der Waals surface area contributed by atoms with E-state index in [1.165, 1.54) is 23.9 Å². The Morgan fingerprint density at radius 1 is 1.26 bits per heavy atom. The van der Waals surface area contributed by atoms with Gasteiger partial charge in [0.2, 0.25) is 5.91 Å². The number of carbonyl (C=O) groups is 1. The smallest absolute Gasteiger partial charge is 0.233 e. The summed E-state index contributed by atoms with van der Waals surface area (Å²) in [6, 6.07) is 9.94. The number of aromatic nitrogens is 3. The van der Waals surface area contributed by atoms with Crippen molar-refractivity contribution in [1.82, 2.24) is 20.1 Å². The second kappa shape index (κ2) is 8.67. The van der Waals surface area contributed by atoms with E-state index in [9.17, 15) is 9.18 Å². The normalized spacial score (nSPS) is 13.3. The first-order valence-corrected chi connectivity index (χ1v) is 10.4. The van der Waals surface area contributed by atoms with Crippen LogP contribution in [0.15, 0.2) is 46.9 Å². The summed E-state index contributed by atoms with van der Waals surface area (Å²) in [6.07, 6.45) is 0. The Hall–Kier alpha value is -2.19. The van der Waals surface area contributed by atoms with Crippen LogP contribution in [-0.2, 0) is 11.3 Å². The van der Waals surface area contributed by atoms with Crippen LogP contribution in [0.5, 0.6) is 0 Å². The number of carbonyl (C=O) groups excluding carboxylic acids is 1. The van der Waals surface area contributed by atoms with E-state index in [1.54, 1.807) is 23.5 Å². The predicted octanol–water partition coefficient (Wildman–Crippen LogP) is 4.52. The van der Waals surface area contributed by atoms with Crippen molar-refractivity contribution in [2.24, 2.45) is 0 Å². The molecular weight excluding hydrogens is 383 g/mol. The third kappa shape index (κ3) is 4.56. The summed E-state index contributed by atoms with van der Waals surface area (Å²) in [4.78, 5) is 13.6. The van der Waals surface area contributed by atoms with E-state index >= 15 is 0 Å². The molecule has 3 aromatic rings. The Kier molecular flexibility index (Phi) is 6.28. The molecule has 0 aliphatic carbocycles. The number of hydrogen-bond acceptors (Lipinski definition) is 5. The van der Waals surface area contributed by atoms with Crippen LogP contribution in [-0.4, -0.2) is 25.9 Å². The Bertz CT molecular complexity index is 893. The lowest BCUT2D eigenvalue weighted by Gasteiger charge is -2.17. The lowest BCUT2D eigenvalue weighted by atomic mass is 10.1. The standard InChI is InChI=1S/C19H21FN4OS2/c1-4-24-17(16-6-5-11-26-16)22-23-19(24)27-13(3)18(25)21-12(2)14-7-9-15(20)10-8-14/h5-13H,4H2,1-3H3,(H,21,25). The van der Waals surface area contributed by atoms with E-state index in [-0.39, 0.29) is 23.0 Å². The van der Waals surface area contributed by atoms with Crippen molar-refractivity contribution < 1.29 is 9.18 Å². The van der Waals surface area contributed by atoms with Crippen molar-refractivity contribution in [3.05, 3.63) is 53.2 Å². The van der Waals surface area contributed by atoms with E-state index in [1.807, 2.05) is 42.9 Å². The Morgan fingerprint density at radius 2 is 2.00 bits per heavy atom. The van der Waals surface area contributed by atoms with Gasteiger partial charge in [-0.1, -0.05) is 30.0 Å². The summed E-state index contributed by atoms with van der Waals surface area (Å²) in [6.45, 7) is 6.48. The zero-order valence-corrected chi connectivity index (χ0v) is 17.0. The third-order valence-corrected chi connectivity index (χ3v) is 6.10. The number of thiophene rings is 1. The molecule has 0 saturated heterocycles. The summed E-state index contributed by atoms with van der Waals surface area (Å²) in [7, 11) is 0. The highest BCUT2D eigenvalue weighted by Gasteiger charge is 2.22. The van der Waals surface area contributed by atoms with Gasteiger partial charge in [-0.2, -0.15) is 0 Å². The molecule has 0 aliphatic heterocycles. The number of thioether (sulfide) groups is 1. The third-order valence-electron chi connectivity index (χ3n) is 4.15. The van der Waals surface area contributed by atoms with Crippen LogP contribution >= 0.6 is 23.1 Å². The maximum atomic E-state index is 13.1. The molecule has 0 bridgehead atoms. The van der Waals surface area contributed by atoms with Crippen molar-refractivity contribution in [2.75, 3.05) is 0 Å². The number of hydrogen-bond donors (Lipinski definition) is 1. The van der Waals surface area contributed by atoms with Gasteiger partial charge in [0, 0.05) is 6.54 Å². The first-order chi connectivity index (χ1) is 13.0. The van der Waals surface area contributed by atoms with Crippen molar-refractivity contribution in [3.63, 3.8) is 0 Å². The van der Waals surface area contributed by atoms with Crippen molar-refractivity contribution >= 4 is 29.0 Å². The van der Waals surface area contributed by atoms with Crippen LogP contribution in [0.2, 0.25) is 0 Å².